The summed E-state index contributed by atoms with van der Waals surface area (Å²) >= 11 is 4.77. The molecule has 0 N–H and O–H groups in total. The molecule has 5 heteroatoms. The van der Waals surface area contributed by atoms with E-state index in [0.29, 0.717) is 23.5 Å². The summed E-state index contributed by atoms with van der Waals surface area (Å²) in [4.78, 5) is 22.7. The lowest BCUT2D eigenvalue weighted by atomic mass is 10.1. The molecule has 0 aliphatic heterocycles. The maximum atomic E-state index is 11.8. The molecule has 0 unspecified atom stereocenters. The number of methoxy groups -OCH3 is 1. The van der Waals surface area contributed by atoms with E-state index >= 15 is 0 Å². The Kier molecular flexibility index (Phi) is 6.29. The first-order chi connectivity index (χ1) is 8.15. The van der Waals surface area contributed by atoms with Gasteiger partial charge in [-0.05, 0) is 6.07 Å². The van der Waals surface area contributed by atoms with Crippen LogP contribution < -0.4 is 0 Å². The summed E-state index contributed by atoms with van der Waals surface area (Å²) in [5, 5.41) is 0. The molecular formula is C12H13BrO3S. The minimum absolute atomic E-state index is 0.0624. The van der Waals surface area contributed by atoms with E-state index < -0.39 is 0 Å². The largest absolute Gasteiger partial charge is 0.469 e. The molecule has 0 radical (unpaired) electrons. The van der Waals surface area contributed by atoms with Gasteiger partial charge in [-0.3, -0.25) is 9.59 Å². The summed E-state index contributed by atoms with van der Waals surface area (Å²) < 4.78 is 5.32. The number of benzene rings is 1. The number of thioether (sulfide) groups is 1. The van der Waals surface area contributed by atoms with Gasteiger partial charge in [-0.15, -0.1) is 0 Å². The van der Waals surface area contributed by atoms with E-state index in [-0.39, 0.29) is 11.8 Å². The lowest BCUT2D eigenvalue weighted by Crippen LogP contribution is -2.06. The summed E-state index contributed by atoms with van der Waals surface area (Å²) in [6, 6.07) is 7.32. The van der Waals surface area contributed by atoms with E-state index in [1.165, 1.54) is 18.9 Å². The molecule has 0 heterocycles. The Morgan fingerprint density at radius 3 is 2.71 bits per heavy atom. The van der Waals surface area contributed by atoms with Crippen LogP contribution in [0.25, 0.3) is 0 Å². The first-order valence-electron chi connectivity index (χ1n) is 5.07. The van der Waals surface area contributed by atoms with Crippen LogP contribution in [-0.4, -0.2) is 30.4 Å². The summed E-state index contributed by atoms with van der Waals surface area (Å²) in [6.45, 7) is 0. The molecular weight excluding hydrogens is 304 g/mol. The second kappa shape index (κ2) is 7.50. The zero-order valence-corrected chi connectivity index (χ0v) is 11.8. The van der Waals surface area contributed by atoms with Gasteiger partial charge in [-0.2, -0.15) is 11.8 Å². The zero-order chi connectivity index (χ0) is 12.7. The molecule has 17 heavy (non-hydrogen) atoms. The van der Waals surface area contributed by atoms with Crippen molar-refractivity contribution in [1.82, 2.24) is 0 Å². The highest BCUT2D eigenvalue weighted by molar-refractivity contribution is 9.10. The molecule has 0 spiro atoms. The summed E-state index contributed by atoms with van der Waals surface area (Å²) in [7, 11) is 1.36. The van der Waals surface area contributed by atoms with Crippen molar-refractivity contribution < 1.29 is 14.3 Å². The van der Waals surface area contributed by atoms with E-state index in [2.05, 4.69) is 20.7 Å². The van der Waals surface area contributed by atoms with Crippen molar-refractivity contribution in [1.29, 1.82) is 0 Å². The fourth-order valence-electron chi connectivity index (χ4n) is 1.19. The second-order valence-electron chi connectivity index (χ2n) is 3.28. The Labute approximate surface area is 113 Å². The quantitative estimate of drug-likeness (QED) is 0.460. The van der Waals surface area contributed by atoms with Crippen molar-refractivity contribution in [2.24, 2.45) is 0 Å². The van der Waals surface area contributed by atoms with Crippen LogP contribution in [0.2, 0.25) is 0 Å². The Hall–Kier alpha value is -0.810. The van der Waals surface area contributed by atoms with Crippen molar-refractivity contribution in [3.63, 3.8) is 0 Å². The van der Waals surface area contributed by atoms with Crippen LogP contribution in [0.5, 0.6) is 0 Å². The molecule has 1 rings (SSSR count). The van der Waals surface area contributed by atoms with Gasteiger partial charge in [0.2, 0.25) is 0 Å². The molecule has 3 nitrogen and oxygen atoms in total. The molecule has 0 amide bonds. The molecule has 1 aromatic rings. The lowest BCUT2D eigenvalue weighted by molar-refractivity contribution is -0.140. The maximum absolute atomic E-state index is 11.8. The number of esters is 1. The molecule has 0 fully saturated rings. The summed E-state index contributed by atoms with van der Waals surface area (Å²) in [6.07, 6.45) is 0.338. The third-order valence-electron chi connectivity index (χ3n) is 2.09. The average Bonchev–Trinajstić information content (AvgIpc) is 2.34. The number of ketones is 1. The van der Waals surface area contributed by atoms with Crippen molar-refractivity contribution >= 4 is 39.4 Å². The molecule has 0 bridgehead atoms. The van der Waals surface area contributed by atoms with E-state index in [9.17, 15) is 9.59 Å². The zero-order valence-electron chi connectivity index (χ0n) is 9.44. The molecule has 0 aliphatic carbocycles. The molecule has 0 saturated heterocycles. The monoisotopic (exact) mass is 316 g/mol. The predicted octanol–water partition coefficient (Wildman–Crippen LogP) is 2.93. The van der Waals surface area contributed by atoms with Gasteiger partial charge in [-0.25, -0.2) is 0 Å². The number of carbonyl (C=O) groups excluding carboxylic acids is 2. The van der Waals surface area contributed by atoms with Crippen LogP contribution in [0.1, 0.15) is 16.8 Å². The minimum atomic E-state index is -0.245. The molecule has 0 atom stereocenters. The molecule has 92 valence electrons. The van der Waals surface area contributed by atoms with Gasteiger partial charge in [0.15, 0.2) is 5.78 Å². The molecule has 0 saturated carbocycles. The first-order valence-corrected chi connectivity index (χ1v) is 7.02. The standard InChI is InChI=1S/C12H13BrO3S/c1-16-12(15)6-7-17-8-11(14)9-4-2-3-5-10(9)13/h2-5H,6-8H2,1H3. The Morgan fingerprint density at radius 2 is 2.06 bits per heavy atom. The topological polar surface area (TPSA) is 43.4 Å². The molecule has 1 aromatic carbocycles. The van der Waals surface area contributed by atoms with Crippen molar-refractivity contribution in [3.05, 3.63) is 34.3 Å². The van der Waals surface area contributed by atoms with Crippen LogP contribution >= 0.6 is 27.7 Å². The van der Waals surface area contributed by atoms with E-state index in [1.807, 2.05) is 18.2 Å². The highest BCUT2D eigenvalue weighted by atomic mass is 79.9. The second-order valence-corrected chi connectivity index (χ2v) is 5.24. The number of halogens is 1. The predicted molar refractivity (Wildman–Crippen MR) is 72.4 cm³/mol. The van der Waals surface area contributed by atoms with Gasteiger partial charge in [0.05, 0.1) is 19.3 Å². The number of carbonyl (C=O) groups is 2. The van der Waals surface area contributed by atoms with Gasteiger partial charge in [0.1, 0.15) is 0 Å². The maximum Gasteiger partial charge on any atom is 0.306 e. The minimum Gasteiger partial charge on any atom is -0.469 e. The van der Waals surface area contributed by atoms with E-state index in [4.69, 9.17) is 0 Å². The summed E-state index contributed by atoms with van der Waals surface area (Å²) in [5.74, 6) is 0.792. The normalized spacial score (nSPS) is 10.0. The van der Waals surface area contributed by atoms with E-state index in [0.717, 1.165) is 4.47 Å². The smallest absolute Gasteiger partial charge is 0.306 e. The third kappa shape index (κ3) is 4.91. The van der Waals surface area contributed by atoms with E-state index in [1.54, 1.807) is 6.07 Å². The van der Waals surface area contributed by atoms with Crippen LogP contribution in [-0.2, 0) is 9.53 Å². The summed E-state index contributed by atoms with van der Waals surface area (Å²) in [5.41, 5.74) is 0.679. The molecule has 0 aromatic heterocycles. The number of rotatable bonds is 6. The van der Waals surface area contributed by atoms with Crippen LogP contribution in [0.4, 0.5) is 0 Å². The fourth-order valence-corrected chi connectivity index (χ4v) is 2.49. The third-order valence-corrected chi connectivity index (χ3v) is 3.74. The molecule has 0 aliphatic rings. The number of hydrogen-bond donors (Lipinski definition) is 0. The highest BCUT2D eigenvalue weighted by Gasteiger charge is 2.09. The highest BCUT2D eigenvalue weighted by Crippen LogP contribution is 2.18. The van der Waals surface area contributed by atoms with Crippen molar-refractivity contribution in [2.45, 2.75) is 6.42 Å². The van der Waals surface area contributed by atoms with Gasteiger partial charge in [-0.1, -0.05) is 34.1 Å². The SMILES string of the molecule is COC(=O)CCSCC(=O)c1ccccc1Br. The Balaban J connectivity index is 2.36. The lowest BCUT2D eigenvalue weighted by Gasteiger charge is -2.03. The average molecular weight is 317 g/mol. The van der Waals surface area contributed by atoms with Crippen molar-refractivity contribution in [3.8, 4) is 0 Å². The Bertz CT molecular complexity index is 406. The van der Waals surface area contributed by atoms with Gasteiger partial charge >= 0.3 is 5.97 Å². The number of ether oxygens (including phenoxy) is 1. The fraction of sp³-hybridized carbons (Fsp3) is 0.333. The van der Waals surface area contributed by atoms with Crippen LogP contribution in [0, 0.1) is 0 Å². The van der Waals surface area contributed by atoms with Gasteiger partial charge in [0, 0.05) is 15.8 Å². The van der Waals surface area contributed by atoms with Crippen LogP contribution in [0.15, 0.2) is 28.7 Å². The first kappa shape index (κ1) is 14.3. The van der Waals surface area contributed by atoms with Gasteiger partial charge < -0.3 is 4.74 Å². The van der Waals surface area contributed by atoms with Crippen LogP contribution in [0.3, 0.4) is 0 Å². The van der Waals surface area contributed by atoms with Crippen molar-refractivity contribution in [2.75, 3.05) is 18.6 Å². The van der Waals surface area contributed by atoms with Gasteiger partial charge in [0.25, 0.3) is 0 Å². The number of hydrogen-bond acceptors (Lipinski definition) is 4. The number of Topliss-reactive ketones (excluding diaryl/α,β-unsaturated/α-hetero) is 1. The Morgan fingerprint density at radius 1 is 1.35 bits per heavy atom.